The predicted octanol–water partition coefficient (Wildman–Crippen LogP) is 5.18. The molecule has 2 aromatic carbocycles. The Hall–Kier alpha value is -3.26. The third-order valence-corrected chi connectivity index (χ3v) is 5.90. The molecule has 2 aromatic rings. The first-order valence-corrected chi connectivity index (χ1v) is 11.0. The van der Waals surface area contributed by atoms with E-state index in [4.69, 9.17) is 14.2 Å². The smallest absolute Gasteiger partial charge is 0.338 e. The average molecular weight is 455 g/mol. The molecule has 32 heavy (non-hydrogen) atoms. The second-order valence-corrected chi connectivity index (χ2v) is 8.03. The van der Waals surface area contributed by atoms with Gasteiger partial charge in [0.1, 0.15) is 12.4 Å². The predicted molar refractivity (Wildman–Crippen MR) is 122 cm³/mol. The first-order chi connectivity index (χ1) is 15.5. The first-order valence-electron chi connectivity index (χ1n) is 10.1. The van der Waals surface area contributed by atoms with Gasteiger partial charge in [0, 0.05) is 6.20 Å². The summed E-state index contributed by atoms with van der Waals surface area (Å²) in [5.41, 5.74) is 2.81. The Morgan fingerprint density at radius 3 is 2.69 bits per heavy atom. The molecule has 4 rings (SSSR count). The second kappa shape index (κ2) is 9.48. The van der Waals surface area contributed by atoms with Gasteiger partial charge in [0.25, 0.3) is 0 Å². The van der Waals surface area contributed by atoms with Crippen molar-refractivity contribution in [2.75, 3.05) is 13.7 Å². The molecule has 0 saturated heterocycles. The fourth-order valence-electron chi connectivity index (χ4n) is 3.61. The number of methoxy groups -OCH3 is 1. The Labute approximate surface area is 190 Å². The lowest BCUT2D eigenvalue weighted by Crippen LogP contribution is -2.34. The number of aliphatic imine (C=N–C) groups is 1. The van der Waals surface area contributed by atoms with E-state index < -0.39 is 12.0 Å². The Morgan fingerprint density at radius 2 is 1.97 bits per heavy atom. The summed E-state index contributed by atoms with van der Waals surface area (Å²) in [7, 11) is 1.57. The van der Waals surface area contributed by atoms with E-state index in [9.17, 15) is 9.18 Å². The van der Waals surface area contributed by atoms with E-state index in [1.165, 1.54) is 23.9 Å². The molecule has 0 N–H and O–H groups in total. The number of ether oxygens (including phenoxy) is 3. The van der Waals surface area contributed by atoms with Crippen molar-refractivity contribution in [3.63, 3.8) is 0 Å². The van der Waals surface area contributed by atoms with Gasteiger partial charge in [-0.2, -0.15) is 0 Å². The van der Waals surface area contributed by atoms with Crippen molar-refractivity contribution in [1.82, 2.24) is 4.90 Å². The van der Waals surface area contributed by atoms with Crippen molar-refractivity contribution in [2.45, 2.75) is 26.5 Å². The Bertz CT molecular complexity index is 1110. The lowest BCUT2D eigenvalue weighted by molar-refractivity contribution is -0.139. The highest BCUT2D eigenvalue weighted by atomic mass is 32.2. The van der Waals surface area contributed by atoms with Crippen LogP contribution in [0.1, 0.15) is 31.0 Å². The Kier molecular flexibility index (Phi) is 6.50. The molecule has 0 spiro atoms. The summed E-state index contributed by atoms with van der Waals surface area (Å²) in [5, 5.41) is 2.74. The quantitative estimate of drug-likeness (QED) is 0.537. The molecule has 1 atom stereocenters. The summed E-state index contributed by atoms with van der Waals surface area (Å²) in [5.74, 6) is 0.403. The maximum Gasteiger partial charge on any atom is 0.338 e. The third-order valence-electron chi connectivity index (χ3n) is 5.13. The van der Waals surface area contributed by atoms with Gasteiger partial charge in [-0.05, 0) is 54.6 Å². The number of fused-ring (bicyclic) bond motifs is 1. The highest BCUT2D eigenvalue weighted by Gasteiger charge is 2.37. The van der Waals surface area contributed by atoms with Crippen LogP contribution in [0.2, 0.25) is 0 Å². The number of carbonyl (C=O) groups excluding carboxylic acids is 1. The summed E-state index contributed by atoms with van der Waals surface area (Å²) in [6.07, 6.45) is 1.91. The van der Waals surface area contributed by atoms with Crippen molar-refractivity contribution in [1.29, 1.82) is 0 Å². The number of halogens is 1. The van der Waals surface area contributed by atoms with Gasteiger partial charge in [0.2, 0.25) is 0 Å². The zero-order valence-electron chi connectivity index (χ0n) is 18.0. The summed E-state index contributed by atoms with van der Waals surface area (Å²) in [4.78, 5) is 19.3. The van der Waals surface area contributed by atoms with Crippen LogP contribution in [0.3, 0.4) is 0 Å². The zero-order valence-corrected chi connectivity index (χ0v) is 18.8. The molecular weight excluding hydrogens is 431 g/mol. The molecule has 0 unspecified atom stereocenters. The van der Waals surface area contributed by atoms with E-state index in [-0.39, 0.29) is 19.0 Å². The Balaban J connectivity index is 1.65. The molecule has 2 aliphatic rings. The fraction of sp³-hybridized carbons (Fsp3) is 0.250. The van der Waals surface area contributed by atoms with E-state index in [0.717, 1.165) is 16.3 Å². The van der Waals surface area contributed by atoms with Gasteiger partial charge in [-0.1, -0.05) is 30.0 Å². The molecule has 166 valence electrons. The van der Waals surface area contributed by atoms with Gasteiger partial charge in [-0.3, -0.25) is 0 Å². The molecule has 0 fully saturated rings. The number of benzene rings is 2. The van der Waals surface area contributed by atoms with Gasteiger partial charge >= 0.3 is 5.97 Å². The maximum absolute atomic E-state index is 13.1. The van der Waals surface area contributed by atoms with Gasteiger partial charge in [-0.15, -0.1) is 0 Å². The van der Waals surface area contributed by atoms with Crippen molar-refractivity contribution in [3.8, 4) is 11.5 Å². The second-order valence-electron chi connectivity index (χ2n) is 7.15. The normalized spacial score (nSPS) is 17.2. The van der Waals surface area contributed by atoms with Crippen LogP contribution < -0.4 is 9.47 Å². The van der Waals surface area contributed by atoms with Gasteiger partial charge in [-0.25, -0.2) is 14.2 Å². The van der Waals surface area contributed by atoms with Gasteiger partial charge in [0.15, 0.2) is 16.7 Å². The zero-order chi connectivity index (χ0) is 22.7. The number of allylic oxidation sites excluding steroid dienone is 1. The number of hydrogen-bond donors (Lipinski definition) is 0. The SMILES string of the molecule is CCOC(=O)C1=C(C)N=C2SC=CN2[C@@H]1c1ccc(OCc2ccc(F)cc2)c(OC)c1. The number of nitrogens with zero attached hydrogens (tertiary/aromatic N) is 2. The van der Waals surface area contributed by atoms with Crippen LogP contribution in [-0.2, 0) is 16.1 Å². The minimum Gasteiger partial charge on any atom is -0.493 e. The van der Waals surface area contributed by atoms with E-state index >= 15 is 0 Å². The number of rotatable bonds is 7. The first kappa shape index (κ1) is 22.0. The third kappa shape index (κ3) is 4.36. The molecule has 2 heterocycles. The molecule has 2 aliphatic heterocycles. The number of carbonyl (C=O) groups is 1. The molecular formula is C24H23FN2O4S. The lowest BCUT2D eigenvalue weighted by atomic mass is 9.94. The maximum atomic E-state index is 13.1. The minimum atomic E-state index is -0.396. The van der Waals surface area contributed by atoms with E-state index in [1.54, 1.807) is 26.2 Å². The van der Waals surface area contributed by atoms with Crippen molar-refractivity contribution < 1.29 is 23.4 Å². The van der Waals surface area contributed by atoms with Crippen LogP contribution in [0.4, 0.5) is 4.39 Å². The molecule has 6 nitrogen and oxygen atoms in total. The van der Waals surface area contributed by atoms with Crippen LogP contribution >= 0.6 is 11.8 Å². The molecule has 0 radical (unpaired) electrons. The lowest BCUT2D eigenvalue weighted by Gasteiger charge is -2.33. The van der Waals surface area contributed by atoms with Crippen molar-refractivity contribution >= 4 is 22.9 Å². The summed E-state index contributed by atoms with van der Waals surface area (Å²) < 4.78 is 29.9. The molecule has 8 heteroatoms. The largest absolute Gasteiger partial charge is 0.493 e. The molecule has 0 bridgehead atoms. The number of esters is 1. The molecule has 0 aromatic heterocycles. The monoisotopic (exact) mass is 454 g/mol. The minimum absolute atomic E-state index is 0.273. The van der Waals surface area contributed by atoms with Crippen molar-refractivity contribution in [3.05, 3.63) is 82.3 Å². The van der Waals surface area contributed by atoms with E-state index in [2.05, 4.69) is 4.99 Å². The number of hydrogen-bond acceptors (Lipinski definition) is 7. The number of thioether (sulfide) groups is 1. The fourth-order valence-corrected chi connectivity index (χ4v) is 4.40. The topological polar surface area (TPSA) is 60.4 Å². The Morgan fingerprint density at radius 1 is 1.19 bits per heavy atom. The molecule has 0 amide bonds. The summed E-state index contributed by atoms with van der Waals surface area (Å²) in [6, 6.07) is 11.3. The molecule has 0 aliphatic carbocycles. The highest BCUT2D eigenvalue weighted by Crippen LogP contribution is 2.43. The van der Waals surface area contributed by atoms with Crippen LogP contribution in [-0.4, -0.2) is 29.8 Å². The summed E-state index contributed by atoms with van der Waals surface area (Å²) >= 11 is 1.50. The number of amidine groups is 1. The van der Waals surface area contributed by atoms with Crippen molar-refractivity contribution in [2.24, 2.45) is 4.99 Å². The molecule has 0 saturated carbocycles. The van der Waals surface area contributed by atoms with Gasteiger partial charge in [0.05, 0.1) is 31.0 Å². The highest BCUT2D eigenvalue weighted by molar-refractivity contribution is 8.16. The van der Waals surface area contributed by atoms with Crippen LogP contribution in [0.5, 0.6) is 11.5 Å². The van der Waals surface area contributed by atoms with Crippen LogP contribution in [0.15, 0.2) is 70.3 Å². The average Bonchev–Trinajstić information content (AvgIpc) is 3.25. The summed E-state index contributed by atoms with van der Waals surface area (Å²) in [6.45, 7) is 4.15. The van der Waals surface area contributed by atoms with E-state index in [1.807, 2.05) is 41.6 Å². The van der Waals surface area contributed by atoms with Gasteiger partial charge < -0.3 is 19.1 Å². The van der Waals surface area contributed by atoms with E-state index in [0.29, 0.717) is 22.8 Å². The van der Waals surface area contributed by atoms with Crippen LogP contribution in [0.25, 0.3) is 0 Å². The van der Waals surface area contributed by atoms with Crippen LogP contribution in [0, 0.1) is 5.82 Å². The standard InChI is InChI=1S/C24H23FN2O4S/c1-4-30-23(28)21-15(2)26-24-27(11-12-32-24)22(21)17-7-10-19(20(13-17)29-3)31-14-16-5-8-18(25)9-6-16/h5-13,22H,4,14H2,1-3H3/t22-/m1/s1.